The van der Waals surface area contributed by atoms with Crippen molar-refractivity contribution in [3.63, 3.8) is 0 Å². The van der Waals surface area contributed by atoms with E-state index in [1.54, 1.807) is 16.8 Å². The zero-order valence-corrected chi connectivity index (χ0v) is 11.8. The molecule has 2 heterocycles. The number of benzene rings is 1. The molecule has 1 aromatic heterocycles. The van der Waals surface area contributed by atoms with Crippen LogP contribution >= 0.6 is 0 Å². The SMILES string of the molecule is CC[C@H]1CN(C(=O)c2ccc(-n3cnnn3)cc2)CCO1. The number of hydrogen-bond acceptors (Lipinski definition) is 5. The molecular formula is C14H17N5O2. The summed E-state index contributed by atoms with van der Waals surface area (Å²) < 4.78 is 7.14. The number of rotatable bonds is 3. The van der Waals surface area contributed by atoms with Gasteiger partial charge in [0.2, 0.25) is 0 Å². The minimum Gasteiger partial charge on any atom is -0.375 e. The first-order valence-corrected chi connectivity index (χ1v) is 7.02. The number of nitrogens with zero attached hydrogens (tertiary/aromatic N) is 5. The molecule has 1 aromatic carbocycles. The lowest BCUT2D eigenvalue weighted by Gasteiger charge is -2.32. The fourth-order valence-corrected chi connectivity index (χ4v) is 2.37. The third-order valence-corrected chi connectivity index (χ3v) is 3.61. The summed E-state index contributed by atoms with van der Waals surface area (Å²) in [6, 6.07) is 7.27. The van der Waals surface area contributed by atoms with E-state index >= 15 is 0 Å². The van der Waals surface area contributed by atoms with Crippen LogP contribution in [0.5, 0.6) is 0 Å². The number of ether oxygens (including phenoxy) is 1. The highest BCUT2D eigenvalue weighted by Crippen LogP contribution is 2.14. The van der Waals surface area contributed by atoms with Gasteiger partial charge in [0.1, 0.15) is 6.33 Å². The van der Waals surface area contributed by atoms with Gasteiger partial charge in [-0.05, 0) is 41.1 Å². The molecule has 0 bridgehead atoms. The minimum absolute atomic E-state index is 0.0417. The van der Waals surface area contributed by atoms with Crippen molar-refractivity contribution in [3.8, 4) is 5.69 Å². The standard InChI is InChI=1S/C14H17N5O2/c1-2-13-9-18(7-8-21-13)14(20)11-3-5-12(6-4-11)19-10-15-16-17-19/h3-6,10,13H,2,7-9H2,1H3/t13-/m0/s1. The molecule has 0 N–H and O–H groups in total. The van der Waals surface area contributed by atoms with Gasteiger partial charge in [0.15, 0.2) is 0 Å². The van der Waals surface area contributed by atoms with Crippen molar-refractivity contribution >= 4 is 5.91 Å². The zero-order chi connectivity index (χ0) is 14.7. The Bertz CT molecular complexity index is 596. The normalized spacial score (nSPS) is 18.7. The maximum absolute atomic E-state index is 12.5. The Morgan fingerprint density at radius 3 is 2.86 bits per heavy atom. The summed E-state index contributed by atoms with van der Waals surface area (Å²) in [5, 5.41) is 11.0. The van der Waals surface area contributed by atoms with Gasteiger partial charge in [-0.1, -0.05) is 6.92 Å². The predicted molar refractivity (Wildman–Crippen MR) is 75.1 cm³/mol. The molecule has 7 nitrogen and oxygen atoms in total. The fraction of sp³-hybridized carbons (Fsp3) is 0.429. The minimum atomic E-state index is 0.0417. The molecule has 1 saturated heterocycles. The van der Waals surface area contributed by atoms with E-state index in [2.05, 4.69) is 22.4 Å². The molecule has 1 aliphatic rings. The average molecular weight is 287 g/mol. The van der Waals surface area contributed by atoms with E-state index < -0.39 is 0 Å². The summed E-state index contributed by atoms with van der Waals surface area (Å²) in [7, 11) is 0. The van der Waals surface area contributed by atoms with E-state index in [1.807, 2.05) is 17.0 Å². The maximum Gasteiger partial charge on any atom is 0.254 e. The van der Waals surface area contributed by atoms with Crippen LogP contribution in [-0.4, -0.2) is 56.8 Å². The Morgan fingerprint density at radius 1 is 1.38 bits per heavy atom. The van der Waals surface area contributed by atoms with E-state index in [0.717, 1.165) is 12.1 Å². The van der Waals surface area contributed by atoms with E-state index in [0.29, 0.717) is 25.3 Å². The topological polar surface area (TPSA) is 73.1 Å². The van der Waals surface area contributed by atoms with Crippen LogP contribution in [0.4, 0.5) is 0 Å². The Kier molecular flexibility index (Phi) is 3.92. The van der Waals surface area contributed by atoms with Gasteiger partial charge in [-0.2, -0.15) is 0 Å². The third-order valence-electron chi connectivity index (χ3n) is 3.61. The highest BCUT2D eigenvalue weighted by atomic mass is 16.5. The number of aromatic nitrogens is 4. The smallest absolute Gasteiger partial charge is 0.254 e. The van der Waals surface area contributed by atoms with Gasteiger partial charge in [0.25, 0.3) is 5.91 Å². The lowest BCUT2D eigenvalue weighted by molar-refractivity contribution is -0.0226. The molecule has 0 saturated carbocycles. The molecule has 1 aliphatic heterocycles. The maximum atomic E-state index is 12.5. The van der Waals surface area contributed by atoms with Crippen LogP contribution in [-0.2, 0) is 4.74 Å². The average Bonchev–Trinajstić information content (AvgIpc) is 3.09. The zero-order valence-electron chi connectivity index (χ0n) is 11.8. The van der Waals surface area contributed by atoms with Gasteiger partial charge in [-0.3, -0.25) is 4.79 Å². The van der Waals surface area contributed by atoms with E-state index in [4.69, 9.17) is 4.74 Å². The Morgan fingerprint density at radius 2 is 2.19 bits per heavy atom. The number of tetrazole rings is 1. The largest absolute Gasteiger partial charge is 0.375 e. The lowest BCUT2D eigenvalue weighted by atomic mass is 10.1. The summed E-state index contributed by atoms with van der Waals surface area (Å²) in [5.74, 6) is 0.0417. The van der Waals surface area contributed by atoms with Crippen LogP contribution in [0.3, 0.4) is 0 Å². The highest BCUT2D eigenvalue weighted by Gasteiger charge is 2.23. The van der Waals surface area contributed by atoms with Gasteiger partial charge in [-0.15, -0.1) is 5.10 Å². The summed E-state index contributed by atoms with van der Waals surface area (Å²) in [5.41, 5.74) is 1.49. The van der Waals surface area contributed by atoms with Crippen LogP contribution in [0.1, 0.15) is 23.7 Å². The quantitative estimate of drug-likeness (QED) is 0.839. The van der Waals surface area contributed by atoms with Crippen LogP contribution < -0.4 is 0 Å². The first-order chi connectivity index (χ1) is 10.3. The van der Waals surface area contributed by atoms with Gasteiger partial charge in [0.05, 0.1) is 18.4 Å². The number of amides is 1. The van der Waals surface area contributed by atoms with E-state index in [9.17, 15) is 4.79 Å². The van der Waals surface area contributed by atoms with Crippen LogP contribution in [0.2, 0.25) is 0 Å². The summed E-state index contributed by atoms with van der Waals surface area (Å²) in [6.07, 6.45) is 2.58. The monoisotopic (exact) mass is 287 g/mol. The molecule has 1 fully saturated rings. The van der Waals surface area contributed by atoms with Crippen molar-refractivity contribution in [2.75, 3.05) is 19.7 Å². The number of carbonyl (C=O) groups excluding carboxylic acids is 1. The van der Waals surface area contributed by atoms with Crippen molar-refractivity contribution in [1.29, 1.82) is 0 Å². The number of morpholine rings is 1. The molecule has 3 rings (SSSR count). The van der Waals surface area contributed by atoms with Gasteiger partial charge in [0, 0.05) is 18.7 Å². The second-order valence-corrected chi connectivity index (χ2v) is 4.95. The predicted octanol–water partition coefficient (Wildman–Crippen LogP) is 0.913. The van der Waals surface area contributed by atoms with Crippen LogP contribution in [0.15, 0.2) is 30.6 Å². The summed E-state index contributed by atoms with van der Waals surface area (Å²) in [4.78, 5) is 14.3. The van der Waals surface area contributed by atoms with Crippen LogP contribution in [0.25, 0.3) is 5.69 Å². The molecule has 21 heavy (non-hydrogen) atoms. The van der Waals surface area contributed by atoms with Crippen molar-refractivity contribution in [3.05, 3.63) is 36.2 Å². The third kappa shape index (κ3) is 2.92. The molecule has 0 spiro atoms. The molecule has 2 aromatic rings. The van der Waals surface area contributed by atoms with Gasteiger partial charge >= 0.3 is 0 Å². The molecule has 1 amide bonds. The molecule has 7 heteroatoms. The van der Waals surface area contributed by atoms with Gasteiger partial charge in [-0.25, -0.2) is 4.68 Å². The second kappa shape index (κ2) is 6.01. The number of hydrogen-bond donors (Lipinski definition) is 0. The lowest BCUT2D eigenvalue weighted by Crippen LogP contribution is -2.45. The van der Waals surface area contributed by atoms with Gasteiger partial charge < -0.3 is 9.64 Å². The molecule has 110 valence electrons. The van der Waals surface area contributed by atoms with Crippen molar-refractivity contribution in [1.82, 2.24) is 25.1 Å². The fourth-order valence-electron chi connectivity index (χ4n) is 2.37. The van der Waals surface area contributed by atoms with Crippen molar-refractivity contribution in [2.45, 2.75) is 19.4 Å². The first-order valence-electron chi connectivity index (χ1n) is 7.02. The Labute approximate surface area is 122 Å². The van der Waals surface area contributed by atoms with E-state index in [1.165, 1.54) is 6.33 Å². The molecular weight excluding hydrogens is 270 g/mol. The molecule has 0 unspecified atom stereocenters. The van der Waals surface area contributed by atoms with Crippen molar-refractivity contribution in [2.24, 2.45) is 0 Å². The molecule has 1 atom stereocenters. The summed E-state index contributed by atoms with van der Waals surface area (Å²) in [6.45, 7) is 3.97. The number of carbonyl (C=O) groups is 1. The van der Waals surface area contributed by atoms with Crippen LogP contribution in [0, 0.1) is 0 Å². The Hall–Kier alpha value is -2.28. The second-order valence-electron chi connectivity index (χ2n) is 4.95. The Balaban J connectivity index is 1.73. The first kappa shape index (κ1) is 13.7. The highest BCUT2D eigenvalue weighted by molar-refractivity contribution is 5.94. The molecule has 0 aliphatic carbocycles. The summed E-state index contributed by atoms with van der Waals surface area (Å²) >= 11 is 0. The van der Waals surface area contributed by atoms with Crippen molar-refractivity contribution < 1.29 is 9.53 Å². The molecule has 0 radical (unpaired) electrons. The van der Waals surface area contributed by atoms with E-state index in [-0.39, 0.29) is 12.0 Å².